The third-order valence-electron chi connectivity index (χ3n) is 4.06. The maximum atomic E-state index is 13.1. The highest BCUT2D eigenvalue weighted by atomic mass is 32.2. The Kier molecular flexibility index (Phi) is 5.67. The Bertz CT molecular complexity index is 995. The third kappa shape index (κ3) is 3.91. The molecule has 2 aromatic rings. The Morgan fingerprint density at radius 2 is 2.00 bits per heavy atom. The largest absolute Gasteiger partial charge is 0.369 e. The monoisotopic (exact) mass is 402 g/mol. The molecule has 142 valence electrons. The van der Waals surface area contributed by atoms with Crippen LogP contribution in [0.15, 0.2) is 34.1 Å². The van der Waals surface area contributed by atoms with Crippen LogP contribution in [0.25, 0.3) is 11.7 Å². The molecule has 1 aliphatic heterocycles. The second kappa shape index (κ2) is 7.82. The minimum atomic E-state index is -0.221. The maximum absolute atomic E-state index is 13.1. The van der Waals surface area contributed by atoms with Gasteiger partial charge in [0.25, 0.3) is 11.5 Å². The molecule has 1 fully saturated rings. The predicted octanol–water partition coefficient (Wildman–Crippen LogP) is 3.37. The summed E-state index contributed by atoms with van der Waals surface area (Å²) in [6.45, 7) is 8.65. The summed E-state index contributed by atoms with van der Waals surface area (Å²) >= 11 is 6.55. The van der Waals surface area contributed by atoms with Gasteiger partial charge in [0.05, 0.1) is 10.5 Å². The molecule has 2 aromatic heterocycles. The summed E-state index contributed by atoms with van der Waals surface area (Å²) in [5.74, 6) is 0.690. The number of aromatic nitrogens is 2. The van der Waals surface area contributed by atoms with E-state index in [4.69, 9.17) is 12.2 Å². The first-order valence-corrected chi connectivity index (χ1v) is 10.0. The van der Waals surface area contributed by atoms with E-state index in [-0.39, 0.29) is 17.5 Å². The first kappa shape index (κ1) is 19.6. The van der Waals surface area contributed by atoms with Crippen molar-refractivity contribution in [3.05, 3.63) is 45.2 Å². The van der Waals surface area contributed by atoms with Gasteiger partial charge in [-0.05, 0) is 38.0 Å². The van der Waals surface area contributed by atoms with Crippen molar-refractivity contribution < 1.29 is 4.79 Å². The van der Waals surface area contributed by atoms with Gasteiger partial charge in [0.2, 0.25) is 0 Å². The van der Waals surface area contributed by atoms with Gasteiger partial charge in [-0.2, -0.15) is 0 Å². The number of hydrogen-bond donors (Lipinski definition) is 1. The molecule has 0 radical (unpaired) electrons. The van der Waals surface area contributed by atoms with Crippen molar-refractivity contribution >= 4 is 51.7 Å². The number of thioether (sulfide) groups is 1. The molecule has 0 aromatic carbocycles. The zero-order valence-electron chi connectivity index (χ0n) is 15.7. The number of nitrogens with zero attached hydrogens (tertiary/aromatic N) is 3. The van der Waals surface area contributed by atoms with E-state index in [2.05, 4.69) is 24.1 Å². The lowest BCUT2D eigenvalue weighted by Gasteiger charge is -2.18. The number of thiocarbonyl (C=S) groups is 1. The lowest BCUT2D eigenvalue weighted by atomic mass is 10.2. The van der Waals surface area contributed by atoms with Gasteiger partial charge in [-0.25, -0.2) is 4.98 Å². The molecule has 0 bridgehead atoms. The van der Waals surface area contributed by atoms with Gasteiger partial charge in [-0.3, -0.25) is 18.9 Å². The third-order valence-corrected chi connectivity index (χ3v) is 5.39. The molecule has 0 spiro atoms. The Morgan fingerprint density at radius 1 is 1.26 bits per heavy atom. The number of pyridine rings is 1. The second-order valence-electron chi connectivity index (χ2n) is 7.03. The molecule has 6 nitrogen and oxygen atoms in total. The number of fused-ring (bicyclic) bond motifs is 1. The van der Waals surface area contributed by atoms with Crippen LogP contribution in [0.2, 0.25) is 0 Å². The highest BCUT2D eigenvalue weighted by molar-refractivity contribution is 8.26. The standard InChI is InChI=1S/C19H22N4O2S2/c1-11(2)10-20-16-13(17(24)22-8-6-5-7-15(22)21-16)9-14-18(25)23(12(3)4)19(26)27-14/h5-9,11-12,20H,10H2,1-4H3/b14-9+. The summed E-state index contributed by atoms with van der Waals surface area (Å²) in [5.41, 5.74) is 0.700. The van der Waals surface area contributed by atoms with Crippen LogP contribution in [-0.2, 0) is 4.79 Å². The van der Waals surface area contributed by atoms with Crippen molar-refractivity contribution in [2.24, 2.45) is 5.92 Å². The summed E-state index contributed by atoms with van der Waals surface area (Å²) in [5, 5.41) is 3.24. The summed E-state index contributed by atoms with van der Waals surface area (Å²) in [6, 6.07) is 5.36. The molecular formula is C19H22N4O2S2. The predicted molar refractivity (Wildman–Crippen MR) is 115 cm³/mol. The highest BCUT2D eigenvalue weighted by Gasteiger charge is 2.34. The van der Waals surface area contributed by atoms with Gasteiger partial charge < -0.3 is 5.32 Å². The minimum absolute atomic E-state index is 0.0299. The van der Waals surface area contributed by atoms with Crippen molar-refractivity contribution in [1.29, 1.82) is 0 Å². The van der Waals surface area contributed by atoms with Crippen LogP contribution in [0.3, 0.4) is 0 Å². The number of carbonyl (C=O) groups excluding carboxylic acids is 1. The summed E-state index contributed by atoms with van der Waals surface area (Å²) < 4.78 is 1.99. The lowest BCUT2D eigenvalue weighted by molar-refractivity contribution is -0.123. The molecule has 0 aliphatic carbocycles. The number of rotatable bonds is 5. The quantitative estimate of drug-likeness (QED) is 0.611. The summed E-state index contributed by atoms with van der Waals surface area (Å²) in [4.78, 5) is 32.4. The molecular weight excluding hydrogens is 380 g/mol. The van der Waals surface area contributed by atoms with Crippen LogP contribution in [0.5, 0.6) is 0 Å². The zero-order chi connectivity index (χ0) is 19.7. The fourth-order valence-electron chi connectivity index (χ4n) is 2.72. The average Bonchev–Trinajstić information content (AvgIpc) is 2.89. The molecule has 27 heavy (non-hydrogen) atoms. The second-order valence-corrected chi connectivity index (χ2v) is 8.70. The normalized spacial score (nSPS) is 16.4. The molecule has 1 amide bonds. The lowest BCUT2D eigenvalue weighted by Crippen LogP contribution is -2.34. The van der Waals surface area contributed by atoms with Crippen LogP contribution in [0.1, 0.15) is 33.3 Å². The van der Waals surface area contributed by atoms with Crippen molar-refractivity contribution in [2.75, 3.05) is 11.9 Å². The van der Waals surface area contributed by atoms with Gasteiger partial charge in [0, 0.05) is 18.8 Å². The van der Waals surface area contributed by atoms with Gasteiger partial charge in [-0.1, -0.05) is 43.9 Å². The Morgan fingerprint density at radius 3 is 2.63 bits per heavy atom. The topological polar surface area (TPSA) is 66.7 Å². The maximum Gasteiger partial charge on any atom is 0.267 e. The summed E-state index contributed by atoms with van der Waals surface area (Å²) in [7, 11) is 0. The van der Waals surface area contributed by atoms with Crippen molar-refractivity contribution in [2.45, 2.75) is 33.7 Å². The van der Waals surface area contributed by atoms with Crippen LogP contribution in [-0.4, -0.2) is 37.1 Å². The van der Waals surface area contributed by atoms with E-state index in [1.165, 1.54) is 16.2 Å². The van der Waals surface area contributed by atoms with Crippen molar-refractivity contribution in [3.8, 4) is 0 Å². The van der Waals surface area contributed by atoms with Crippen LogP contribution in [0, 0.1) is 5.92 Å². The fraction of sp³-hybridized carbons (Fsp3) is 0.368. The smallest absolute Gasteiger partial charge is 0.267 e. The first-order valence-electron chi connectivity index (χ1n) is 8.82. The molecule has 0 saturated carbocycles. The van der Waals surface area contributed by atoms with E-state index < -0.39 is 0 Å². The van der Waals surface area contributed by atoms with Crippen LogP contribution < -0.4 is 10.9 Å². The molecule has 8 heteroatoms. The number of carbonyl (C=O) groups is 1. The number of anilines is 1. The van der Waals surface area contributed by atoms with E-state index in [0.717, 1.165) is 0 Å². The Hall–Kier alpha value is -2.19. The van der Waals surface area contributed by atoms with Crippen molar-refractivity contribution in [1.82, 2.24) is 14.3 Å². The number of amides is 1. The first-order chi connectivity index (χ1) is 12.8. The average molecular weight is 403 g/mol. The molecule has 3 heterocycles. The van der Waals surface area contributed by atoms with E-state index >= 15 is 0 Å². The SMILES string of the molecule is CC(C)CNc1nc2ccccn2c(=O)c1/C=C1/SC(=S)N(C(C)C)C1=O. The highest BCUT2D eigenvalue weighted by Crippen LogP contribution is 2.34. The van der Waals surface area contributed by atoms with Gasteiger partial charge in [0.15, 0.2) is 0 Å². The number of nitrogens with one attached hydrogen (secondary N) is 1. The Balaban J connectivity index is 2.13. The van der Waals surface area contributed by atoms with E-state index in [9.17, 15) is 9.59 Å². The van der Waals surface area contributed by atoms with E-state index in [1.807, 2.05) is 19.9 Å². The number of hydrogen-bond acceptors (Lipinski definition) is 6. The van der Waals surface area contributed by atoms with Crippen molar-refractivity contribution in [3.63, 3.8) is 0 Å². The minimum Gasteiger partial charge on any atom is -0.369 e. The molecule has 3 rings (SSSR count). The molecule has 0 unspecified atom stereocenters. The Labute approximate surface area is 167 Å². The zero-order valence-corrected chi connectivity index (χ0v) is 17.4. The van der Waals surface area contributed by atoms with E-state index in [1.54, 1.807) is 29.3 Å². The van der Waals surface area contributed by atoms with Gasteiger partial charge in [-0.15, -0.1) is 0 Å². The fourth-order valence-corrected chi connectivity index (χ4v) is 4.23. The van der Waals surface area contributed by atoms with Gasteiger partial charge >= 0.3 is 0 Å². The van der Waals surface area contributed by atoms with Gasteiger partial charge in [0.1, 0.15) is 15.8 Å². The van der Waals surface area contributed by atoms with E-state index in [0.29, 0.717) is 38.7 Å². The van der Waals surface area contributed by atoms with Crippen LogP contribution in [0.4, 0.5) is 5.82 Å². The molecule has 1 aliphatic rings. The molecule has 1 N–H and O–H groups in total. The van der Waals surface area contributed by atoms with Crippen LogP contribution >= 0.6 is 24.0 Å². The molecule has 1 saturated heterocycles. The summed E-state index contributed by atoms with van der Waals surface area (Å²) in [6.07, 6.45) is 3.28. The molecule has 0 atom stereocenters.